The monoisotopic (exact) mass is 390 g/mol. The van der Waals surface area contributed by atoms with E-state index in [0.717, 1.165) is 17.3 Å². The third-order valence-electron chi connectivity index (χ3n) is 1.79. The summed E-state index contributed by atoms with van der Waals surface area (Å²) in [5.74, 6) is -3.93. The zero-order valence-corrected chi connectivity index (χ0v) is 11.3. The van der Waals surface area contributed by atoms with Crippen molar-refractivity contribution in [1.82, 2.24) is 0 Å². The summed E-state index contributed by atoms with van der Waals surface area (Å²) in [6.07, 6.45) is 1.75. The third-order valence-corrected chi connectivity index (χ3v) is 3.13. The summed E-state index contributed by atoms with van der Waals surface area (Å²) >= 11 is 3.89. The molecule has 0 N–H and O–H groups in total. The highest BCUT2D eigenvalue weighted by molar-refractivity contribution is 14.1. The molecule has 0 saturated carbocycles. The summed E-state index contributed by atoms with van der Waals surface area (Å²) < 4.78 is 50.7. The molecular formula is C8H12BrF4I. The number of hydrogen-bond donors (Lipinski definition) is 0. The van der Waals surface area contributed by atoms with Crippen LogP contribution in [0, 0.1) is 0 Å². The van der Waals surface area contributed by atoms with E-state index in [4.69, 9.17) is 0 Å². The van der Waals surface area contributed by atoms with E-state index in [-0.39, 0.29) is 6.42 Å². The van der Waals surface area contributed by atoms with Crippen molar-refractivity contribution in [2.75, 3.05) is 4.43 Å². The second-order valence-corrected chi connectivity index (χ2v) is 5.13. The first-order valence-corrected chi connectivity index (χ1v) is 6.63. The van der Waals surface area contributed by atoms with Gasteiger partial charge in [0, 0.05) is 6.42 Å². The molecule has 0 saturated heterocycles. The predicted octanol–water partition coefficient (Wildman–Crippen LogP) is 4.99. The van der Waals surface area contributed by atoms with Gasteiger partial charge in [-0.15, -0.1) is 0 Å². The molecule has 0 amide bonds. The van der Waals surface area contributed by atoms with Crippen LogP contribution in [0.1, 0.15) is 32.1 Å². The van der Waals surface area contributed by atoms with Crippen LogP contribution in [0.5, 0.6) is 0 Å². The zero-order valence-electron chi connectivity index (χ0n) is 7.51. The van der Waals surface area contributed by atoms with Gasteiger partial charge in [-0.1, -0.05) is 35.4 Å². The molecule has 0 rings (SSSR count). The van der Waals surface area contributed by atoms with Gasteiger partial charge in [-0.25, -0.2) is 0 Å². The number of hydrogen-bond acceptors (Lipinski definition) is 0. The summed E-state index contributed by atoms with van der Waals surface area (Å²) in [6.45, 7) is 0. The standard InChI is InChI=1S/C8H12BrF4I/c9-8(12,13)7(10,11)5-3-1-2-4-6-14/h1-6H2. The smallest absolute Gasteiger partial charge is 0.199 e. The first-order chi connectivity index (χ1) is 6.31. The van der Waals surface area contributed by atoms with E-state index in [0.29, 0.717) is 6.42 Å². The van der Waals surface area contributed by atoms with Gasteiger partial charge in [0.25, 0.3) is 0 Å². The Hall–Kier alpha value is 0.930. The molecule has 0 nitrogen and oxygen atoms in total. The van der Waals surface area contributed by atoms with Gasteiger partial charge in [-0.3, -0.25) is 0 Å². The minimum Gasteiger partial charge on any atom is -0.199 e. The molecular weight excluding hydrogens is 379 g/mol. The molecule has 14 heavy (non-hydrogen) atoms. The zero-order chi connectivity index (χ0) is 11.2. The Labute approximate surface area is 103 Å². The Morgan fingerprint density at radius 2 is 1.43 bits per heavy atom. The minimum absolute atomic E-state index is 0.144. The first-order valence-electron chi connectivity index (χ1n) is 4.32. The lowest BCUT2D eigenvalue weighted by molar-refractivity contribution is -0.151. The van der Waals surface area contributed by atoms with Gasteiger partial charge >= 0.3 is 10.8 Å². The molecule has 0 heterocycles. The largest absolute Gasteiger partial charge is 0.363 e. The Kier molecular flexibility index (Phi) is 6.93. The molecule has 0 aromatic rings. The number of rotatable bonds is 7. The Morgan fingerprint density at radius 1 is 0.929 bits per heavy atom. The number of unbranched alkanes of at least 4 members (excludes halogenated alkanes) is 3. The lowest BCUT2D eigenvalue weighted by Gasteiger charge is -2.21. The highest BCUT2D eigenvalue weighted by Gasteiger charge is 2.53. The molecule has 0 unspecified atom stereocenters. The maximum Gasteiger partial charge on any atom is 0.363 e. The van der Waals surface area contributed by atoms with Crippen LogP contribution in [0.25, 0.3) is 0 Å². The summed E-state index contributed by atoms with van der Waals surface area (Å²) in [5.41, 5.74) is 0. The van der Waals surface area contributed by atoms with E-state index in [1.54, 1.807) is 15.9 Å². The lowest BCUT2D eigenvalue weighted by atomic mass is 10.1. The number of halogens is 6. The van der Waals surface area contributed by atoms with Crippen LogP contribution >= 0.6 is 38.5 Å². The van der Waals surface area contributed by atoms with Crippen molar-refractivity contribution in [2.24, 2.45) is 0 Å². The fourth-order valence-electron chi connectivity index (χ4n) is 0.937. The van der Waals surface area contributed by atoms with E-state index in [2.05, 4.69) is 22.6 Å². The summed E-state index contributed by atoms with van der Waals surface area (Å²) in [4.78, 5) is -4.08. The van der Waals surface area contributed by atoms with Crippen molar-refractivity contribution in [3.63, 3.8) is 0 Å². The van der Waals surface area contributed by atoms with E-state index in [9.17, 15) is 17.6 Å². The quantitative estimate of drug-likeness (QED) is 0.248. The first kappa shape index (κ1) is 14.9. The van der Waals surface area contributed by atoms with Crippen LogP contribution in [0.3, 0.4) is 0 Å². The number of alkyl halides is 6. The Bertz CT molecular complexity index is 158. The maximum atomic E-state index is 12.6. The molecule has 0 atom stereocenters. The maximum absolute atomic E-state index is 12.6. The van der Waals surface area contributed by atoms with Crippen LogP contribution in [-0.2, 0) is 0 Å². The lowest BCUT2D eigenvalue weighted by Crippen LogP contribution is -2.34. The van der Waals surface area contributed by atoms with Gasteiger partial charge in [0.2, 0.25) is 0 Å². The third kappa shape index (κ3) is 5.72. The Morgan fingerprint density at radius 3 is 1.86 bits per heavy atom. The minimum atomic E-state index is -4.08. The van der Waals surface area contributed by atoms with E-state index >= 15 is 0 Å². The van der Waals surface area contributed by atoms with Gasteiger partial charge < -0.3 is 0 Å². The van der Waals surface area contributed by atoms with Crippen LogP contribution in [-0.4, -0.2) is 15.2 Å². The fourth-order valence-corrected chi connectivity index (χ4v) is 1.67. The average Bonchev–Trinajstić information content (AvgIpc) is 2.02. The summed E-state index contributed by atoms with van der Waals surface area (Å²) in [7, 11) is 0. The Balaban J connectivity index is 3.67. The molecule has 0 aromatic carbocycles. The second-order valence-electron chi connectivity index (χ2n) is 3.06. The molecule has 0 aliphatic heterocycles. The topological polar surface area (TPSA) is 0 Å². The summed E-state index contributed by atoms with van der Waals surface area (Å²) in [5, 5.41) is 0. The van der Waals surface area contributed by atoms with Gasteiger partial charge in [-0.2, -0.15) is 17.6 Å². The molecule has 0 bridgehead atoms. The molecule has 0 spiro atoms. The van der Waals surface area contributed by atoms with E-state index < -0.39 is 17.2 Å². The molecule has 0 fully saturated rings. The SMILES string of the molecule is FC(F)(Br)C(F)(F)CCCCCCI. The normalized spacial score (nSPS) is 13.3. The van der Waals surface area contributed by atoms with Crippen molar-refractivity contribution in [1.29, 1.82) is 0 Å². The van der Waals surface area contributed by atoms with E-state index in [1.165, 1.54) is 0 Å². The van der Waals surface area contributed by atoms with Crippen molar-refractivity contribution in [3.05, 3.63) is 0 Å². The van der Waals surface area contributed by atoms with Crippen molar-refractivity contribution in [2.45, 2.75) is 42.9 Å². The molecule has 0 aliphatic rings. The summed E-state index contributed by atoms with van der Waals surface area (Å²) in [6, 6.07) is 0. The van der Waals surface area contributed by atoms with Gasteiger partial charge in [0.15, 0.2) is 0 Å². The van der Waals surface area contributed by atoms with Crippen molar-refractivity contribution in [3.8, 4) is 0 Å². The predicted molar refractivity (Wildman–Crippen MR) is 60.8 cm³/mol. The average molecular weight is 391 g/mol. The van der Waals surface area contributed by atoms with Crippen LogP contribution in [0.4, 0.5) is 17.6 Å². The highest BCUT2D eigenvalue weighted by Crippen LogP contribution is 2.42. The van der Waals surface area contributed by atoms with Crippen LogP contribution in [0.15, 0.2) is 0 Å². The molecule has 0 aromatic heterocycles. The van der Waals surface area contributed by atoms with Gasteiger partial charge in [0.1, 0.15) is 0 Å². The molecule has 6 heteroatoms. The van der Waals surface area contributed by atoms with Gasteiger partial charge in [-0.05, 0) is 33.2 Å². The highest BCUT2D eigenvalue weighted by atomic mass is 127. The van der Waals surface area contributed by atoms with Gasteiger partial charge in [0.05, 0.1) is 0 Å². The van der Waals surface area contributed by atoms with Crippen LogP contribution in [0.2, 0.25) is 0 Å². The molecule has 86 valence electrons. The molecule has 0 radical (unpaired) electrons. The second kappa shape index (κ2) is 6.50. The fraction of sp³-hybridized carbons (Fsp3) is 1.00. The van der Waals surface area contributed by atoms with Crippen molar-refractivity contribution >= 4 is 38.5 Å². The van der Waals surface area contributed by atoms with Crippen LogP contribution < -0.4 is 0 Å². The molecule has 0 aliphatic carbocycles. The van der Waals surface area contributed by atoms with E-state index in [1.807, 2.05) is 0 Å². The van der Waals surface area contributed by atoms with Crippen molar-refractivity contribution < 1.29 is 17.6 Å².